The third kappa shape index (κ3) is 57.6. The highest BCUT2D eigenvalue weighted by atomic mass is 16.2. The van der Waals surface area contributed by atoms with Gasteiger partial charge in [0.2, 0.25) is 0 Å². The maximum atomic E-state index is 7.50. The van der Waals surface area contributed by atoms with Crippen LogP contribution in [-0.2, 0) is 0 Å². The Hall–Kier alpha value is -0.400. The first-order valence-electron chi connectivity index (χ1n) is 1.62. The lowest BCUT2D eigenvalue weighted by atomic mass is 10.6. The van der Waals surface area contributed by atoms with Crippen molar-refractivity contribution in [3.8, 4) is 0 Å². The van der Waals surface area contributed by atoms with Gasteiger partial charge in [-0.3, -0.25) is 0 Å². The molecule has 32 valence electrons. The molecule has 0 spiro atoms. The molecule has 2 heteroatoms. The van der Waals surface area contributed by atoms with E-state index in [2.05, 4.69) is 19.4 Å². The van der Waals surface area contributed by atoms with E-state index < -0.39 is 0 Å². The second kappa shape index (κ2) is 67.6. The van der Waals surface area contributed by atoms with Crippen molar-refractivity contribution in [2.45, 2.75) is 20.3 Å². The summed E-state index contributed by atoms with van der Waals surface area (Å²) in [6, 6.07) is 0. The Morgan fingerprint density at radius 1 is 1.40 bits per heavy atom. The highest BCUT2D eigenvalue weighted by molar-refractivity contribution is 3.92. The Balaban J connectivity index is 0. The van der Waals surface area contributed by atoms with Crippen molar-refractivity contribution in [2.75, 3.05) is 0 Å². The average molecular weight is 75.1 g/mol. The molecule has 0 heterocycles. The van der Waals surface area contributed by atoms with Crippen molar-refractivity contribution in [3.63, 3.8) is 0 Å². The number of hydrogen-bond donors (Lipinski definition) is 1. The summed E-state index contributed by atoms with van der Waals surface area (Å²) in [6.45, 7) is 4.25. The first-order valence-corrected chi connectivity index (χ1v) is 1.62. The molecule has 0 saturated heterocycles. The van der Waals surface area contributed by atoms with Gasteiger partial charge >= 0.3 is 0 Å². The van der Waals surface area contributed by atoms with Crippen LogP contribution in [0.1, 0.15) is 20.3 Å². The van der Waals surface area contributed by atoms with Gasteiger partial charge in [0, 0.05) is 0 Å². The minimum Gasteiger partial charge on any atom is -0.154 e. The van der Waals surface area contributed by atoms with E-state index in [9.17, 15) is 0 Å². The van der Waals surface area contributed by atoms with Crippen molar-refractivity contribution >= 4 is 0 Å². The quantitative estimate of drug-likeness (QED) is 0.438. The minimum absolute atomic E-state index is 1.25. The van der Waals surface area contributed by atoms with Crippen molar-refractivity contribution in [3.05, 3.63) is 4.91 Å². The van der Waals surface area contributed by atoms with E-state index in [0.717, 1.165) is 0 Å². The van der Waals surface area contributed by atoms with Crippen LogP contribution in [0.3, 0.4) is 0 Å². The van der Waals surface area contributed by atoms with Crippen LogP contribution in [-0.4, -0.2) is 0 Å². The molecule has 0 aliphatic carbocycles. The average Bonchev–Trinajstić information content (AvgIpc) is 1.46. The molecule has 0 aromatic carbocycles. The van der Waals surface area contributed by atoms with Crippen LogP contribution in [0.4, 0.5) is 0 Å². The molecule has 1 N–H and O–H groups in total. The Kier molecular flexibility index (Phi) is 119. The summed E-state index contributed by atoms with van der Waals surface area (Å²) in [5.41, 5.74) is 4.50. The van der Waals surface area contributed by atoms with E-state index in [1.165, 1.54) is 6.42 Å². The molecular weight excluding hydrogens is 66.0 g/mol. The Morgan fingerprint density at radius 3 is 1.40 bits per heavy atom. The molecule has 0 bridgehead atoms. The van der Waals surface area contributed by atoms with Crippen LogP contribution < -0.4 is 0 Å². The lowest BCUT2D eigenvalue weighted by molar-refractivity contribution is 1.09. The summed E-state index contributed by atoms with van der Waals surface area (Å²) in [5.74, 6) is 0. The van der Waals surface area contributed by atoms with Gasteiger partial charge in [0.1, 0.15) is 0 Å². The van der Waals surface area contributed by atoms with Crippen LogP contribution in [0.25, 0.3) is 0 Å². The third-order valence-electron chi connectivity index (χ3n) is 0. The maximum absolute atomic E-state index is 7.50. The smallest absolute Gasteiger partial charge is 0.0590 e. The van der Waals surface area contributed by atoms with E-state index in [4.69, 9.17) is 4.91 Å². The summed E-state index contributed by atoms with van der Waals surface area (Å²) in [5, 5.41) is 0. The summed E-state index contributed by atoms with van der Waals surface area (Å²) in [4.78, 5) is 7.50. The summed E-state index contributed by atoms with van der Waals surface area (Å²) >= 11 is 0. The molecule has 0 saturated carbocycles. The van der Waals surface area contributed by atoms with Gasteiger partial charge in [-0.15, -0.1) is 0 Å². The molecule has 0 rings (SSSR count). The first kappa shape index (κ1) is 8.82. The molecule has 2 nitrogen and oxygen atoms in total. The highest BCUT2D eigenvalue weighted by Crippen LogP contribution is 1.56. The van der Waals surface area contributed by atoms with Crippen molar-refractivity contribution < 1.29 is 0 Å². The molecule has 0 unspecified atom stereocenters. The second-order valence-electron chi connectivity index (χ2n) is 0.707. The van der Waals surface area contributed by atoms with Crippen LogP contribution in [0.15, 0.2) is 0 Å². The van der Waals surface area contributed by atoms with Gasteiger partial charge in [0.25, 0.3) is 0 Å². The molecule has 0 aliphatic heterocycles. The molecule has 0 aromatic heterocycles. The minimum atomic E-state index is 1.25. The highest BCUT2D eigenvalue weighted by Gasteiger charge is 1.35. The van der Waals surface area contributed by atoms with Gasteiger partial charge in [0.05, 0.1) is 0 Å². The monoisotopic (exact) mass is 75.1 g/mol. The Labute approximate surface area is 32.0 Å². The zero-order valence-electron chi connectivity index (χ0n) is 3.62. The van der Waals surface area contributed by atoms with Gasteiger partial charge in [-0.1, -0.05) is 25.9 Å². The third-order valence-corrected chi connectivity index (χ3v) is 0. The Bertz CT molecular complexity index is 10.9. The molecule has 5 heavy (non-hydrogen) atoms. The van der Waals surface area contributed by atoms with Crippen LogP contribution in [0, 0.1) is 10.5 Å². The lowest BCUT2D eigenvalue weighted by Crippen LogP contribution is -1.27. The van der Waals surface area contributed by atoms with Gasteiger partial charge in [-0.25, -0.2) is 0 Å². The normalized spacial score (nSPS) is 4.40. The molecule has 0 aromatic rings. The van der Waals surface area contributed by atoms with Gasteiger partial charge < -0.3 is 0 Å². The Morgan fingerprint density at radius 2 is 1.40 bits per heavy atom. The molecule has 0 aliphatic rings. The van der Waals surface area contributed by atoms with Gasteiger partial charge in [-0.2, -0.15) is 4.91 Å². The maximum Gasteiger partial charge on any atom is -0.0590 e. The molecular formula is C3H9NO. The summed E-state index contributed by atoms with van der Waals surface area (Å²) < 4.78 is 0. The van der Waals surface area contributed by atoms with Crippen LogP contribution in [0.5, 0.6) is 0 Å². The van der Waals surface area contributed by atoms with E-state index in [0.29, 0.717) is 0 Å². The zero-order chi connectivity index (χ0) is 4.71. The molecule has 0 radical (unpaired) electrons. The number of nitroso groups, excluding NO2 is 1. The standard InChI is InChI=1S/C3H8.HNO/c1-3-2;1-2/h3H2,1-2H3;1H. The van der Waals surface area contributed by atoms with Gasteiger partial charge in [0.15, 0.2) is 0 Å². The van der Waals surface area contributed by atoms with E-state index >= 15 is 0 Å². The molecule has 0 fully saturated rings. The van der Waals surface area contributed by atoms with E-state index in [-0.39, 0.29) is 0 Å². The topological polar surface area (TPSA) is 40.9 Å². The van der Waals surface area contributed by atoms with Crippen molar-refractivity contribution in [2.24, 2.45) is 0 Å². The van der Waals surface area contributed by atoms with Crippen molar-refractivity contribution in [1.29, 1.82) is 5.59 Å². The largest absolute Gasteiger partial charge is 0.154 e. The second-order valence-corrected chi connectivity index (χ2v) is 0.707. The number of nitrogens with one attached hydrogen (secondary N) is 1. The SMILES string of the molecule is CCC.N=O. The van der Waals surface area contributed by atoms with Crippen molar-refractivity contribution in [1.82, 2.24) is 0 Å². The summed E-state index contributed by atoms with van der Waals surface area (Å²) in [6.07, 6.45) is 1.25. The summed E-state index contributed by atoms with van der Waals surface area (Å²) in [7, 11) is 0. The lowest BCUT2D eigenvalue weighted by Gasteiger charge is -1.48. The fourth-order valence-corrected chi connectivity index (χ4v) is 0. The molecule has 0 amide bonds. The predicted molar refractivity (Wildman–Crippen MR) is 22.1 cm³/mol. The number of hydrogen-bond acceptors (Lipinski definition) is 2. The first-order chi connectivity index (χ1) is 2.41. The fourth-order valence-electron chi connectivity index (χ4n) is 0. The molecule has 0 atom stereocenters. The van der Waals surface area contributed by atoms with E-state index in [1.807, 2.05) is 0 Å². The van der Waals surface area contributed by atoms with Crippen LogP contribution >= 0.6 is 0 Å². The zero-order valence-corrected chi connectivity index (χ0v) is 3.62. The fraction of sp³-hybridized carbons (Fsp3) is 1.00. The van der Waals surface area contributed by atoms with E-state index in [1.54, 1.807) is 0 Å². The van der Waals surface area contributed by atoms with Gasteiger partial charge in [-0.05, 0) is 0 Å². The predicted octanol–water partition coefficient (Wildman–Crippen LogP) is 1.75. The van der Waals surface area contributed by atoms with Crippen LogP contribution in [0.2, 0.25) is 0 Å². The number of rotatable bonds is 0.